The molecule has 0 aliphatic heterocycles. The second kappa shape index (κ2) is 5.23. The highest BCUT2D eigenvalue weighted by molar-refractivity contribution is 5.65. The van der Waals surface area contributed by atoms with Crippen LogP contribution >= 0.6 is 0 Å². The van der Waals surface area contributed by atoms with Crippen molar-refractivity contribution in [3.8, 4) is 5.75 Å². The SMILES string of the molecule is [C-]#[N+]c1cc(NN)ccc1OCC(C)C. The van der Waals surface area contributed by atoms with E-state index in [0.29, 0.717) is 29.6 Å². The van der Waals surface area contributed by atoms with Crippen LogP contribution in [0.5, 0.6) is 5.75 Å². The number of nitrogen functional groups attached to an aromatic ring is 1. The molecule has 1 aromatic rings. The van der Waals surface area contributed by atoms with E-state index in [1.165, 1.54) is 0 Å². The summed E-state index contributed by atoms with van der Waals surface area (Å²) in [7, 11) is 0. The molecule has 4 nitrogen and oxygen atoms in total. The van der Waals surface area contributed by atoms with Crippen LogP contribution in [0.25, 0.3) is 4.85 Å². The first-order valence-electron chi connectivity index (χ1n) is 4.78. The fourth-order valence-corrected chi connectivity index (χ4v) is 1.07. The molecular weight excluding hydrogens is 190 g/mol. The maximum Gasteiger partial charge on any atom is 0.230 e. The first-order chi connectivity index (χ1) is 7.17. The Morgan fingerprint density at radius 3 is 2.80 bits per heavy atom. The van der Waals surface area contributed by atoms with E-state index in [-0.39, 0.29) is 0 Å². The summed E-state index contributed by atoms with van der Waals surface area (Å²) >= 11 is 0. The van der Waals surface area contributed by atoms with Crippen molar-refractivity contribution in [2.45, 2.75) is 13.8 Å². The Hall–Kier alpha value is -1.73. The second-order valence-electron chi connectivity index (χ2n) is 3.64. The van der Waals surface area contributed by atoms with Crippen LogP contribution in [0.1, 0.15) is 13.8 Å². The van der Waals surface area contributed by atoms with Crippen molar-refractivity contribution in [2.75, 3.05) is 12.0 Å². The monoisotopic (exact) mass is 205 g/mol. The van der Waals surface area contributed by atoms with Gasteiger partial charge in [0.2, 0.25) is 5.69 Å². The topological polar surface area (TPSA) is 51.6 Å². The van der Waals surface area contributed by atoms with Crippen LogP contribution in [0, 0.1) is 12.5 Å². The van der Waals surface area contributed by atoms with Crippen molar-refractivity contribution in [1.29, 1.82) is 0 Å². The van der Waals surface area contributed by atoms with E-state index in [1.54, 1.807) is 18.2 Å². The first-order valence-corrected chi connectivity index (χ1v) is 4.78. The van der Waals surface area contributed by atoms with Gasteiger partial charge < -0.3 is 10.2 Å². The van der Waals surface area contributed by atoms with E-state index >= 15 is 0 Å². The van der Waals surface area contributed by atoms with Gasteiger partial charge in [-0.15, -0.1) is 0 Å². The molecule has 80 valence electrons. The average molecular weight is 205 g/mol. The number of nitrogens with one attached hydrogen (secondary N) is 1. The first kappa shape index (κ1) is 11.3. The lowest BCUT2D eigenvalue weighted by Gasteiger charge is -2.11. The van der Waals surface area contributed by atoms with E-state index in [4.69, 9.17) is 17.2 Å². The molecule has 0 amide bonds. The molecule has 1 rings (SSSR count). The molecule has 0 heterocycles. The van der Waals surface area contributed by atoms with Crippen LogP contribution in [-0.2, 0) is 0 Å². The Kier molecular flexibility index (Phi) is 3.95. The summed E-state index contributed by atoms with van der Waals surface area (Å²) in [6.45, 7) is 11.8. The van der Waals surface area contributed by atoms with Gasteiger partial charge in [-0.3, -0.25) is 5.84 Å². The maximum atomic E-state index is 7.02. The summed E-state index contributed by atoms with van der Waals surface area (Å²) in [5, 5.41) is 0. The molecule has 0 aliphatic rings. The summed E-state index contributed by atoms with van der Waals surface area (Å²) in [4.78, 5) is 3.39. The largest absolute Gasteiger partial charge is 0.504 e. The maximum absolute atomic E-state index is 7.02. The molecule has 0 aliphatic carbocycles. The van der Waals surface area contributed by atoms with Gasteiger partial charge in [0.05, 0.1) is 13.2 Å². The minimum Gasteiger partial charge on any atom is -0.504 e. The van der Waals surface area contributed by atoms with Crippen molar-refractivity contribution in [3.63, 3.8) is 0 Å². The molecule has 3 N–H and O–H groups in total. The number of benzene rings is 1. The second-order valence-corrected chi connectivity index (χ2v) is 3.64. The lowest BCUT2D eigenvalue weighted by molar-refractivity contribution is 0.272. The molecule has 0 saturated carbocycles. The quantitative estimate of drug-likeness (QED) is 0.451. The zero-order chi connectivity index (χ0) is 11.3. The smallest absolute Gasteiger partial charge is 0.230 e. The number of nitrogens with two attached hydrogens (primary N) is 1. The van der Waals surface area contributed by atoms with Crippen molar-refractivity contribution >= 4 is 11.4 Å². The zero-order valence-corrected chi connectivity index (χ0v) is 8.95. The highest BCUT2D eigenvalue weighted by Gasteiger charge is 2.05. The number of hydrogen-bond acceptors (Lipinski definition) is 3. The number of anilines is 1. The molecule has 0 saturated heterocycles. The summed E-state index contributed by atoms with van der Waals surface area (Å²) in [5.41, 5.74) is 3.68. The van der Waals surface area contributed by atoms with Crippen LogP contribution in [0.15, 0.2) is 18.2 Å². The van der Waals surface area contributed by atoms with Gasteiger partial charge in [0, 0.05) is 5.69 Å². The zero-order valence-electron chi connectivity index (χ0n) is 8.95. The van der Waals surface area contributed by atoms with Gasteiger partial charge in [0.25, 0.3) is 0 Å². The predicted molar refractivity (Wildman–Crippen MR) is 60.8 cm³/mol. The van der Waals surface area contributed by atoms with Gasteiger partial charge in [-0.05, 0) is 24.1 Å². The summed E-state index contributed by atoms with van der Waals surface area (Å²) < 4.78 is 5.51. The number of nitrogens with zero attached hydrogens (tertiary/aromatic N) is 1. The van der Waals surface area contributed by atoms with Crippen LogP contribution in [-0.4, -0.2) is 6.61 Å². The van der Waals surface area contributed by atoms with Gasteiger partial charge in [0.1, 0.15) is 5.75 Å². The Morgan fingerprint density at radius 2 is 2.27 bits per heavy atom. The minimum absolute atomic E-state index is 0.441. The molecule has 15 heavy (non-hydrogen) atoms. The fraction of sp³-hybridized carbons (Fsp3) is 0.364. The van der Waals surface area contributed by atoms with E-state index in [9.17, 15) is 0 Å². The highest BCUT2D eigenvalue weighted by Crippen LogP contribution is 2.30. The summed E-state index contributed by atoms with van der Waals surface area (Å²) in [5.74, 6) is 6.30. The standard InChI is InChI=1S/C11H15N3O/c1-8(2)7-15-11-5-4-9(14-12)6-10(11)13-3/h4-6,8,14H,7,12H2,1-2H3. The van der Waals surface area contributed by atoms with Gasteiger partial charge in [-0.1, -0.05) is 13.8 Å². The predicted octanol–water partition coefficient (Wildman–Crippen LogP) is 2.56. The molecule has 1 aromatic carbocycles. The third kappa shape index (κ3) is 3.15. The van der Waals surface area contributed by atoms with E-state index < -0.39 is 0 Å². The third-order valence-electron chi connectivity index (χ3n) is 1.82. The lowest BCUT2D eigenvalue weighted by Crippen LogP contribution is -2.07. The summed E-state index contributed by atoms with van der Waals surface area (Å²) in [6.07, 6.45) is 0. The molecular formula is C11H15N3O. The molecule has 0 radical (unpaired) electrons. The summed E-state index contributed by atoms with van der Waals surface area (Å²) in [6, 6.07) is 5.21. The van der Waals surface area contributed by atoms with E-state index in [0.717, 1.165) is 0 Å². The third-order valence-corrected chi connectivity index (χ3v) is 1.82. The van der Waals surface area contributed by atoms with Crippen LogP contribution in [0.2, 0.25) is 0 Å². The Morgan fingerprint density at radius 1 is 1.53 bits per heavy atom. The molecule has 0 spiro atoms. The van der Waals surface area contributed by atoms with Crippen LogP contribution in [0.4, 0.5) is 11.4 Å². The molecule has 0 fully saturated rings. The Balaban J connectivity index is 2.84. The Bertz CT molecular complexity index is 369. The number of rotatable bonds is 4. The van der Waals surface area contributed by atoms with Gasteiger partial charge in [0.15, 0.2) is 0 Å². The average Bonchev–Trinajstić information content (AvgIpc) is 2.25. The molecule has 4 heteroatoms. The minimum atomic E-state index is 0.441. The van der Waals surface area contributed by atoms with Crippen molar-refractivity contribution in [1.82, 2.24) is 0 Å². The van der Waals surface area contributed by atoms with Crippen LogP contribution in [0.3, 0.4) is 0 Å². The molecule has 0 aromatic heterocycles. The molecule has 0 atom stereocenters. The lowest BCUT2D eigenvalue weighted by atomic mass is 10.2. The molecule has 0 unspecified atom stereocenters. The van der Waals surface area contributed by atoms with Gasteiger partial charge in [-0.2, -0.15) is 0 Å². The van der Waals surface area contributed by atoms with E-state index in [2.05, 4.69) is 24.1 Å². The normalized spacial score (nSPS) is 9.80. The highest BCUT2D eigenvalue weighted by atomic mass is 16.5. The van der Waals surface area contributed by atoms with Crippen LogP contribution < -0.4 is 16.0 Å². The number of hydrogen-bond donors (Lipinski definition) is 2. The Labute approximate surface area is 89.8 Å². The van der Waals surface area contributed by atoms with Crippen molar-refractivity contribution < 1.29 is 4.74 Å². The van der Waals surface area contributed by atoms with Crippen molar-refractivity contribution in [2.24, 2.45) is 11.8 Å². The number of hydrazine groups is 1. The molecule has 0 bridgehead atoms. The number of ether oxygens (including phenoxy) is 1. The van der Waals surface area contributed by atoms with Gasteiger partial charge in [-0.25, -0.2) is 4.85 Å². The van der Waals surface area contributed by atoms with Crippen molar-refractivity contribution in [3.05, 3.63) is 29.6 Å². The fourth-order valence-electron chi connectivity index (χ4n) is 1.07. The van der Waals surface area contributed by atoms with E-state index in [1.807, 2.05) is 0 Å². The van der Waals surface area contributed by atoms with Gasteiger partial charge >= 0.3 is 0 Å².